The van der Waals surface area contributed by atoms with Gasteiger partial charge in [-0.05, 0) is 68.5 Å². The number of benzene rings is 1. The maximum atomic E-state index is 12.5. The van der Waals surface area contributed by atoms with Gasteiger partial charge in [0.1, 0.15) is 0 Å². The first kappa shape index (κ1) is 20.6. The van der Waals surface area contributed by atoms with Gasteiger partial charge in [-0.25, -0.2) is 13.1 Å². The van der Waals surface area contributed by atoms with Gasteiger partial charge in [0, 0.05) is 18.2 Å². The molecule has 1 amide bonds. The van der Waals surface area contributed by atoms with Crippen LogP contribution in [0.1, 0.15) is 35.8 Å². The normalized spacial score (nSPS) is 13.2. The highest BCUT2D eigenvalue weighted by molar-refractivity contribution is 7.89. The minimum atomic E-state index is -3.63. The second-order valence-corrected chi connectivity index (χ2v) is 9.04. The van der Waals surface area contributed by atoms with E-state index < -0.39 is 10.0 Å². The molecule has 0 bridgehead atoms. The molecule has 2 rings (SSSR count). The van der Waals surface area contributed by atoms with Gasteiger partial charge in [0.05, 0.1) is 10.9 Å². The van der Waals surface area contributed by atoms with Crippen molar-refractivity contribution in [3.63, 3.8) is 0 Å². The highest BCUT2D eigenvalue weighted by Gasteiger charge is 2.19. The van der Waals surface area contributed by atoms with Gasteiger partial charge in [-0.15, -0.1) is 0 Å². The van der Waals surface area contributed by atoms with Gasteiger partial charge in [0.15, 0.2) is 0 Å². The van der Waals surface area contributed by atoms with Crippen LogP contribution in [0.4, 0.5) is 0 Å². The molecule has 1 heterocycles. The Kier molecular flexibility index (Phi) is 6.94. The van der Waals surface area contributed by atoms with E-state index in [2.05, 4.69) is 15.4 Å². The number of hydrogen-bond acceptors (Lipinski definition) is 5. The molecule has 1 aromatic carbocycles. The van der Waals surface area contributed by atoms with Gasteiger partial charge in [0.25, 0.3) is 5.91 Å². The Bertz CT molecular complexity index is 831. The lowest BCUT2D eigenvalue weighted by Crippen LogP contribution is -2.34. The van der Waals surface area contributed by atoms with E-state index in [9.17, 15) is 13.2 Å². The van der Waals surface area contributed by atoms with Crippen LogP contribution in [0.5, 0.6) is 0 Å². The maximum Gasteiger partial charge on any atom is 0.251 e. The van der Waals surface area contributed by atoms with Crippen LogP contribution in [-0.4, -0.2) is 45.9 Å². The molecule has 8 heteroatoms. The van der Waals surface area contributed by atoms with Crippen molar-refractivity contribution in [1.29, 1.82) is 0 Å². The van der Waals surface area contributed by atoms with Crippen LogP contribution in [0.25, 0.3) is 0 Å². The number of sulfonamides is 1. The number of hydrogen-bond donors (Lipinski definition) is 2. The molecule has 0 fully saturated rings. The summed E-state index contributed by atoms with van der Waals surface area (Å²) < 4.78 is 27.1. The second kappa shape index (κ2) is 8.77. The summed E-state index contributed by atoms with van der Waals surface area (Å²) in [6.45, 7) is 3.93. The Labute approximate surface area is 159 Å². The lowest BCUT2D eigenvalue weighted by atomic mass is 10.1. The van der Waals surface area contributed by atoms with Gasteiger partial charge in [-0.3, -0.25) is 4.79 Å². The summed E-state index contributed by atoms with van der Waals surface area (Å²) in [6.07, 6.45) is 0. The molecule has 1 aromatic heterocycles. The summed E-state index contributed by atoms with van der Waals surface area (Å²) in [5.74, 6) is -0.298. The average molecular weight is 396 g/mol. The Balaban J connectivity index is 2.11. The topological polar surface area (TPSA) is 78.5 Å². The Morgan fingerprint density at radius 2 is 1.96 bits per heavy atom. The van der Waals surface area contributed by atoms with Crippen LogP contribution in [0.3, 0.4) is 0 Å². The third kappa shape index (κ3) is 5.38. The number of carbonyl (C=O) groups excluding carboxylic acids is 1. The number of nitrogens with one attached hydrogen (secondary N) is 2. The van der Waals surface area contributed by atoms with Gasteiger partial charge in [-0.1, -0.05) is 6.07 Å². The van der Waals surface area contributed by atoms with Crippen LogP contribution in [0.15, 0.2) is 46.0 Å². The smallest absolute Gasteiger partial charge is 0.251 e. The zero-order valence-corrected chi connectivity index (χ0v) is 17.0. The molecule has 1 atom stereocenters. The highest BCUT2D eigenvalue weighted by atomic mass is 32.2. The van der Waals surface area contributed by atoms with Crippen molar-refractivity contribution < 1.29 is 13.2 Å². The maximum absolute atomic E-state index is 12.5. The monoisotopic (exact) mass is 395 g/mol. The highest BCUT2D eigenvalue weighted by Crippen LogP contribution is 2.20. The van der Waals surface area contributed by atoms with Crippen molar-refractivity contribution >= 4 is 27.3 Å². The van der Waals surface area contributed by atoms with Crippen LogP contribution < -0.4 is 10.0 Å². The molecule has 0 aliphatic rings. The fourth-order valence-corrected chi connectivity index (χ4v) is 4.54. The lowest BCUT2D eigenvalue weighted by molar-refractivity contribution is 0.0941. The number of rotatable bonds is 8. The summed E-state index contributed by atoms with van der Waals surface area (Å²) in [5.41, 5.74) is 1.46. The van der Waals surface area contributed by atoms with Crippen molar-refractivity contribution in [3.8, 4) is 0 Å². The molecule has 1 unspecified atom stereocenters. The van der Waals surface area contributed by atoms with Crippen LogP contribution in [-0.2, 0) is 10.0 Å². The van der Waals surface area contributed by atoms with E-state index in [1.165, 1.54) is 12.1 Å². The van der Waals surface area contributed by atoms with Crippen molar-refractivity contribution in [2.24, 2.45) is 0 Å². The van der Waals surface area contributed by atoms with Crippen molar-refractivity contribution in [1.82, 2.24) is 14.9 Å². The van der Waals surface area contributed by atoms with Gasteiger partial charge in [-0.2, -0.15) is 11.3 Å². The largest absolute Gasteiger partial charge is 0.350 e. The molecule has 2 N–H and O–H groups in total. The third-order valence-corrected chi connectivity index (χ3v) is 6.16. The minimum absolute atomic E-state index is 0.0553. The van der Waals surface area contributed by atoms with Crippen LogP contribution >= 0.6 is 11.3 Å². The summed E-state index contributed by atoms with van der Waals surface area (Å²) in [7, 11) is 0.283. The second-order valence-electron chi connectivity index (χ2n) is 6.55. The third-order valence-electron chi connectivity index (χ3n) is 3.80. The molecule has 0 spiro atoms. The van der Waals surface area contributed by atoms with E-state index >= 15 is 0 Å². The summed E-state index contributed by atoms with van der Waals surface area (Å²) >= 11 is 1.61. The first-order chi connectivity index (χ1) is 12.2. The fraction of sp³-hybridized carbons (Fsp3) is 0.389. The van der Waals surface area contributed by atoms with Gasteiger partial charge >= 0.3 is 0 Å². The van der Waals surface area contributed by atoms with Crippen LogP contribution in [0.2, 0.25) is 0 Å². The lowest BCUT2D eigenvalue weighted by Gasteiger charge is -2.24. The SMILES string of the molecule is CC(C)NS(=O)(=O)c1cccc(C(=O)NCC(c2ccsc2)N(C)C)c1. The number of amides is 1. The van der Waals surface area contributed by atoms with E-state index in [1.807, 2.05) is 30.4 Å². The summed E-state index contributed by atoms with van der Waals surface area (Å²) in [5, 5.41) is 6.96. The molecule has 6 nitrogen and oxygen atoms in total. The van der Waals surface area contributed by atoms with E-state index in [0.29, 0.717) is 12.1 Å². The minimum Gasteiger partial charge on any atom is -0.350 e. The summed E-state index contributed by atoms with van der Waals surface area (Å²) in [4.78, 5) is 14.6. The molecule has 0 aliphatic heterocycles. The zero-order valence-electron chi connectivity index (χ0n) is 15.4. The number of carbonyl (C=O) groups is 1. The predicted molar refractivity (Wildman–Crippen MR) is 105 cm³/mol. The molecule has 142 valence electrons. The number of nitrogens with zero attached hydrogens (tertiary/aromatic N) is 1. The Hall–Kier alpha value is -1.74. The molecular formula is C18H25N3O3S2. The fourth-order valence-electron chi connectivity index (χ4n) is 2.54. The number of thiophene rings is 1. The Morgan fingerprint density at radius 3 is 2.54 bits per heavy atom. The van der Waals surface area contributed by atoms with Crippen molar-refractivity contribution in [2.45, 2.75) is 30.8 Å². The van der Waals surface area contributed by atoms with Gasteiger partial charge < -0.3 is 10.2 Å². The van der Waals surface area contributed by atoms with Crippen molar-refractivity contribution in [2.75, 3.05) is 20.6 Å². The molecule has 0 aliphatic carbocycles. The molecule has 0 saturated carbocycles. The molecule has 0 saturated heterocycles. The summed E-state index contributed by atoms with van der Waals surface area (Å²) in [6, 6.07) is 7.94. The molecule has 0 radical (unpaired) electrons. The van der Waals surface area contributed by atoms with E-state index in [-0.39, 0.29) is 22.9 Å². The zero-order chi connectivity index (χ0) is 19.3. The number of likely N-dealkylation sites (N-methyl/N-ethyl adjacent to an activating group) is 1. The Morgan fingerprint density at radius 1 is 1.23 bits per heavy atom. The van der Waals surface area contributed by atoms with E-state index in [1.54, 1.807) is 37.3 Å². The first-order valence-electron chi connectivity index (χ1n) is 8.30. The standard InChI is InChI=1S/C18H25N3O3S2/c1-13(2)20-26(23,24)16-7-5-6-14(10-16)18(22)19-11-17(21(3)4)15-8-9-25-12-15/h5-10,12-13,17,20H,11H2,1-4H3,(H,19,22). The van der Waals surface area contributed by atoms with Crippen molar-refractivity contribution in [3.05, 3.63) is 52.2 Å². The van der Waals surface area contributed by atoms with Gasteiger partial charge in [0.2, 0.25) is 10.0 Å². The average Bonchev–Trinajstić information content (AvgIpc) is 3.07. The molecule has 2 aromatic rings. The van der Waals surface area contributed by atoms with E-state index in [0.717, 1.165) is 5.56 Å². The molecule has 26 heavy (non-hydrogen) atoms. The van der Waals surface area contributed by atoms with E-state index in [4.69, 9.17) is 0 Å². The predicted octanol–water partition coefficient (Wildman–Crippen LogP) is 2.47. The quantitative estimate of drug-likeness (QED) is 0.720. The first-order valence-corrected chi connectivity index (χ1v) is 10.7. The molecular weight excluding hydrogens is 370 g/mol. The van der Waals surface area contributed by atoms with Crippen LogP contribution in [0, 0.1) is 0 Å².